The zero-order valence-corrected chi connectivity index (χ0v) is 23.9. The van der Waals surface area contributed by atoms with Gasteiger partial charge in [0.1, 0.15) is 10.7 Å². The molecular weight excluding hydrogens is 591 g/mol. The van der Waals surface area contributed by atoms with Gasteiger partial charge < -0.3 is 20.9 Å². The number of imidazole rings is 1. The second kappa shape index (κ2) is 13.7. The second-order valence-corrected chi connectivity index (χ2v) is 10.4. The van der Waals surface area contributed by atoms with Crippen LogP contribution in [0.3, 0.4) is 0 Å². The Bertz CT molecular complexity index is 1810. The van der Waals surface area contributed by atoms with Gasteiger partial charge in [-0.1, -0.05) is 18.2 Å². The van der Waals surface area contributed by atoms with Gasteiger partial charge in [-0.25, -0.2) is 4.98 Å². The summed E-state index contributed by atoms with van der Waals surface area (Å²) < 4.78 is 41.4. The van der Waals surface area contributed by atoms with Crippen molar-refractivity contribution in [1.82, 2.24) is 20.3 Å². The summed E-state index contributed by atoms with van der Waals surface area (Å²) in [5, 5.41) is 22.8. The number of aromatic amines is 1. The van der Waals surface area contributed by atoms with E-state index in [2.05, 4.69) is 41.2 Å². The number of fused-ring (bicyclic) bond motifs is 1. The summed E-state index contributed by atoms with van der Waals surface area (Å²) in [5.74, 6) is 0.169. The van der Waals surface area contributed by atoms with Crippen molar-refractivity contribution in [2.75, 3.05) is 22.5 Å². The minimum absolute atomic E-state index is 0.0169. The Morgan fingerprint density at radius 3 is 2.64 bits per heavy atom. The Kier molecular flexibility index (Phi) is 9.36. The molecule has 14 heteroatoms. The van der Waals surface area contributed by atoms with Crippen LogP contribution in [-0.2, 0) is 19.1 Å². The minimum Gasteiger partial charge on any atom is -0.380 e. The summed E-state index contributed by atoms with van der Waals surface area (Å²) >= 11 is 1.16. The van der Waals surface area contributed by atoms with E-state index < -0.39 is 17.6 Å². The lowest BCUT2D eigenvalue weighted by molar-refractivity contribution is -0.137. The lowest BCUT2D eigenvalue weighted by atomic mass is 10.1. The number of halogens is 3. The van der Waals surface area contributed by atoms with Crippen LogP contribution in [0, 0.1) is 11.5 Å². The van der Waals surface area contributed by atoms with E-state index in [1.165, 1.54) is 6.07 Å². The molecule has 0 aliphatic heterocycles. The van der Waals surface area contributed by atoms with E-state index >= 15 is 0 Å². The number of amides is 1. The molecule has 0 saturated carbocycles. The van der Waals surface area contributed by atoms with Gasteiger partial charge in [0, 0.05) is 54.9 Å². The van der Waals surface area contributed by atoms with E-state index in [9.17, 15) is 18.0 Å². The molecule has 224 valence electrons. The average Bonchev–Trinajstić information content (AvgIpc) is 3.70. The molecule has 0 radical (unpaired) electrons. The van der Waals surface area contributed by atoms with E-state index in [0.29, 0.717) is 30.0 Å². The Labute approximate surface area is 254 Å². The van der Waals surface area contributed by atoms with Crippen LogP contribution in [0.15, 0.2) is 83.6 Å². The molecule has 2 aromatic carbocycles. The predicted octanol–water partition coefficient (Wildman–Crippen LogP) is 6.37. The number of aryl methyl sites for hydroxylation is 1. The van der Waals surface area contributed by atoms with Crippen LogP contribution in [0.1, 0.15) is 33.0 Å². The number of hydrogen-bond donors (Lipinski definition) is 5. The molecule has 5 aromatic rings. The number of nitrogens with one attached hydrogen (secondary N) is 5. The molecule has 44 heavy (non-hydrogen) atoms. The number of aromatic nitrogens is 3. The van der Waals surface area contributed by atoms with Crippen LogP contribution in [0.25, 0.3) is 10.9 Å². The first kappa shape index (κ1) is 30.1. The molecule has 0 saturated heterocycles. The Balaban J connectivity index is 1.30. The number of rotatable bonds is 10. The molecule has 0 unspecified atom stereocenters. The zero-order valence-electron chi connectivity index (χ0n) is 23.1. The highest BCUT2D eigenvalue weighted by Crippen LogP contribution is 2.34. The molecule has 3 aromatic heterocycles. The van der Waals surface area contributed by atoms with Crippen LogP contribution in [0.2, 0.25) is 0 Å². The highest BCUT2D eigenvalue weighted by molar-refractivity contribution is 7.12. The van der Waals surface area contributed by atoms with Crippen molar-refractivity contribution in [3.63, 3.8) is 0 Å². The normalized spacial score (nSPS) is 11.6. The molecule has 0 spiro atoms. The number of H-pyrrole nitrogens is 1. The van der Waals surface area contributed by atoms with E-state index in [1.807, 2.05) is 30.3 Å². The van der Waals surface area contributed by atoms with Crippen molar-refractivity contribution in [3.05, 3.63) is 100 Å². The van der Waals surface area contributed by atoms with Gasteiger partial charge in [-0.05, 0) is 53.8 Å². The molecule has 5 rings (SSSR count). The lowest BCUT2D eigenvalue weighted by Gasteiger charge is -2.15. The first-order valence-corrected chi connectivity index (χ1v) is 14.3. The highest BCUT2D eigenvalue weighted by Gasteiger charge is 2.31. The quantitative estimate of drug-likeness (QED) is 0.0403. The lowest BCUT2D eigenvalue weighted by Crippen LogP contribution is -2.27. The fraction of sp³-hybridized carbons (Fsp3) is 0.167. The molecule has 0 aliphatic rings. The number of hydrogen-bond acceptors (Lipinski definition) is 7. The van der Waals surface area contributed by atoms with Gasteiger partial charge in [0.2, 0.25) is 5.96 Å². The topological polar surface area (TPSA) is 143 Å². The number of anilines is 3. The molecule has 0 bridgehead atoms. The Morgan fingerprint density at radius 1 is 1.05 bits per heavy atom. The van der Waals surface area contributed by atoms with Crippen LogP contribution >= 0.6 is 11.3 Å². The van der Waals surface area contributed by atoms with Crippen LogP contribution in [-0.4, -0.2) is 33.4 Å². The first-order valence-electron chi connectivity index (χ1n) is 13.4. The van der Waals surface area contributed by atoms with Crippen LogP contribution in [0.4, 0.5) is 30.2 Å². The van der Waals surface area contributed by atoms with Crippen LogP contribution in [0.5, 0.6) is 0 Å². The Morgan fingerprint density at radius 2 is 1.86 bits per heavy atom. The fourth-order valence-corrected chi connectivity index (χ4v) is 5.18. The number of alkyl halides is 3. The van der Waals surface area contributed by atoms with E-state index in [4.69, 9.17) is 5.26 Å². The van der Waals surface area contributed by atoms with Crippen molar-refractivity contribution in [1.29, 1.82) is 5.26 Å². The first-order chi connectivity index (χ1) is 21.3. The summed E-state index contributed by atoms with van der Waals surface area (Å²) in [6.45, 7) is 0.691. The number of para-hydroxylation sites is 1. The van der Waals surface area contributed by atoms with E-state index in [-0.39, 0.29) is 23.9 Å². The van der Waals surface area contributed by atoms with Gasteiger partial charge in [0.15, 0.2) is 6.19 Å². The zero-order chi connectivity index (χ0) is 30.9. The van der Waals surface area contributed by atoms with E-state index in [1.54, 1.807) is 36.2 Å². The minimum atomic E-state index is -4.69. The van der Waals surface area contributed by atoms with Crippen molar-refractivity contribution < 1.29 is 18.0 Å². The maximum absolute atomic E-state index is 13.8. The van der Waals surface area contributed by atoms with E-state index in [0.717, 1.165) is 45.8 Å². The van der Waals surface area contributed by atoms with Gasteiger partial charge in [-0.15, -0.1) is 11.3 Å². The monoisotopic (exact) mass is 617 g/mol. The molecule has 0 fully saturated rings. The summed E-state index contributed by atoms with van der Waals surface area (Å²) in [5.41, 5.74) is 1.28. The third-order valence-corrected chi connectivity index (χ3v) is 7.34. The molecular formula is C30H26F3N9OS. The third-order valence-electron chi connectivity index (χ3n) is 6.43. The van der Waals surface area contributed by atoms with Crippen molar-refractivity contribution >= 4 is 51.2 Å². The van der Waals surface area contributed by atoms with Gasteiger partial charge >= 0.3 is 6.18 Å². The van der Waals surface area contributed by atoms with Gasteiger partial charge in [-0.3, -0.25) is 20.1 Å². The summed E-state index contributed by atoms with van der Waals surface area (Å²) in [6.07, 6.45) is 3.28. The summed E-state index contributed by atoms with van der Waals surface area (Å²) in [4.78, 5) is 29.3. The number of nitriles is 1. The molecule has 3 heterocycles. The maximum Gasteiger partial charge on any atom is 0.416 e. The number of carbonyl (C=O) groups is 1. The van der Waals surface area contributed by atoms with Crippen LogP contribution < -0.4 is 21.3 Å². The second-order valence-electron chi connectivity index (χ2n) is 9.49. The number of aliphatic imine (C=N–C) groups is 1. The average molecular weight is 618 g/mol. The van der Waals surface area contributed by atoms with Crippen molar-refractivity contribution in [3.8, 4) is 6.19 Å². The number of carbonyl (C=O) groups excluding carboxylic acids is 1. The molecule has 1 amide bonds. The number of benzene rings is 2. The maximum atomic E-state index is 13.8. The number of pyridine rings is 1. The van der Waals surface area contributed by atoms with Crippen molar-refractivity contribution in [2.24, 2.45) is 4.99 Å². The van der Waals surface area contributed by atoms with Gasteiger partial charge in [0.05, 0.1) is 16.8 Å². The van der Waals surface area contributed by atoms with Gasteiger partial charge in [0.25, 0.3) is 5.91 Å². The molecule has 0 aliphatic carbocycles. The number of guanidine groups is 1. The molecule has 10 nitrogen and oxygen atoms in total. The van der Waals surface area contributed by atoms with Gasteiger partial charge in [-0.2, -0.15) is 18.4 Å². The molecule has 0 atom stereocenters. The third kappa shape index (κ3) is 7.69. The molecule has 5 N–H and O–H groups in total. The largest absolute Gasteiger partial charge is 0.416 e. The predicted molar refractivity (Wildman–Crippen MR) is 164 cm³/mol. The highest BCUT2D eigenvalue weighted by atomic mass is 32.1. The summed E-state index contributed by atoms with van der Waals surface area (Å²) in [7, 11) is 0. The number of nitrogens with zero attached hydrogens (tertiary/aromatic N) is 4. The standard InChI is InChI=1S/C30H26F3N9OS/c31-30(32,33)20-14-21(16-22(15-20)42-29(40-18-34)38-9-3-6-26-36-11-12-37-26)41-28(43)27-25(8-13-44-27)39-17-19-7-10-35-24-5-2-1-4-23(19)24/h1-2,4-5,7-8,10-16,39H,3,6,9,17H2,(H,36,37)(H,41,43)(H2,38,40,42). The smallest absolute Gasteiger partial charge is 0.380 e. The Hall–Kier alpha value is -5.42. The fourth-order valence-electron chi connectivity index (χ4n) is 4.42. The van der Waals surface area contributed by atoms with Crippen molar-refractivity contribution in [2.45, 2.75) is 25.6 Å². The number of thiophene rings is 1. The summed E-state index contributed by atoms with van der Waals surface area (Å²) in [6, 6.07) is 14.4. The SMILES string of the molecule is N#CNC(=NCCCc1ncc[nH]1)Nc1cc(NC(=O)c2sccc2NCc2ccnc3ccccc23)cc(C(F)(F)F)c1.